The van der Waals surface area contributed by atoms with Gasteiger partial charge in [-0.3, -0.25) is 4.79 Å². The maximum atomic E-state index is 14.0. The lowest BCUT2D eigenvalue weighted by atomic mass is 9.99. The summed E-state index contributed by atoms with van der Waals surface area (Å²) in [5.74, 6) is -0.697. The predicted molar refractivity (Wildman–Crippen MR) is 80.8 cm³/mol. The molecule has 0 radical (unpaired) electrons. The third-order valence-corrected chi connectivity index (χ3v) is 4.72. The number of hydrogen-bond donors (Lipinski definition) is 2. The van der Waals surface area contributed by atoms with Gasteiger partial charge in [0.05, 0.1) is 11.6 Å². The van der Waals surface area contributed by atoms with E-state index in [0.717, 1.165) is 38.3 Å². The molecule has 1 amide bonds. The highest BCUT2D eigenvalue weighted by molar-refractivity contribution is 5.82. The smallest absolute Gasteiger partial charge is 0.351 e. The molecule has 1 aromatic rings. The van der Waals surface area contributed by atoms with Crippen LogP contribution in [0.15, 0.2) is 18.2 Å². The van der Waals surface area contributed by atoms with Gasteiger partial charge in [-0.2, -0.15) is 13.2 Å². The van der Waals surface area contributed by atoms with Crippen LogP contribution < -0.4 is 10.6 Å². The van der Waals surface area contributed by atoms with E-state index in [1.165, 1.54) is 6.07 Å². The van der Waals surface area contributed by atoms with Crippen molar-refractivity contribution in [2.75, 3.05) is 6.54 Å². The van der Waals surface area contributed by atoms with E-state index in [9.17, 15) is 22.4 Å². The second-order valence-corrected chi connectivity index (χ2v) is 6.61. The maximum absolute atomic E-state index is 14.0. The number of carbonyl (C=O) groups excluding carboxylic acids is 1. The summed E-state index contributed by atoms with van der Waals surface area (Å²) in [6.07, 6.45) is -0.723. The van der Waals surface area contributed by atoms with Crippen molar-refractivity contribution in [1.29, 1.82) is 0 Å². The summed E-state index contributed by atoms with van der Waals surface area (Å²) in [4.78, 5) is 12.2. The molecule has 3 rings (SSSR count). The number of amides is 1. The van der Waals surface area contributed by atoms with Gasteiger partial charge < -0.3 is 10.6 Å². The Labute approximate surface area is 137 Å². The normalized spacial score (nSPS) is 22.4. The van der Waals surface area contributed by atoms with Crippen LogP contribution in [0.1, 0.15) is 36.8 Å². The van der Waals surface area contributed by atoms with Gasteiger partial charge in [0.15, 0.2) is 0 Å². The highest BCUT2D eigenvalue weighted by Crippen LogP contribution is 2.35. The van der Waals surface area contributed by atoms with Crippen molar-refractivity contribution in [2.24, 2.45) is 5.92 Å². The lowest BCUT2D eigenvalue weighted by Gasteiger charge is -2.21. The first-order valence-electron chi connectivity index (χ1n) is 8.24. The molecule has 2 aliphatic rings. The largest absolute Gasteiger partial charge is 0.416 e. The molecule has 1 aliphatic heterocycles. The second-order valence-electron chi connectivity index (χ2n) is 6.61. The van der Waals surface area contributed by atoms with Crippen LogP contribution in [0.2, 0.25) is 0 Å². The standard InChI is InChI=1S/C17H20F4N2O/c18-13-9-12(17(19,20)21)6-5-11(13)8-15(10-3-4-10)23-16(24)14-2-1-7-22-14/h5-6,9-10,14-15,22H,1-4,7-8H2,(H,23,24)/t14-,15?/m1/s1. The van der Waals surface area contributed by atoms with Gasteiger partial charge in [0.1, 0.15) is 5.82 Å². The zero-order valence-electron chi connectivity index (χ0n) is 13.1. The molecule has 1 unspecified atom stereocenters. The van der Waals surface area contributed by atoms with Crippen molar-refractivity contribution < 1.29 is 22.4 Å². The van der Waals surface area contributed by atoms with E-state index in [4.69, 9.17) is 0 Å². The van der Waals surface area contributed by atoms with E-state index in [1.807, 2.05) is 0 Å². The minimum Gasteiger partial charge on any atom is -0.351 e. The molecule has 2 N–H and O–H groups in total. The molecule has 2 atom stereocenters. The average molecular weight is 344 g/mol. The Bertz CT molecular complexity index is 607. The van der Waals surface area contributed by atoms with Gasteiger partial charge in [-0.25, -0.2) is 4.39 Å². The van der Waals surface area contributed by atoms with E-state index >= 15 is 0 Å². The molecule has 0 aromatic heterocycles. The van der Waals surface area contributed by atoms with Crippen LogP contribution in [0.5, 0.6) is 0 Å². The molecule has 2 fully saturated rings. The van der Waals surface area contributed by atoms with Gasteiger partial charge in [0, 0.05) is 6.04 Å². The fraction of sp³-hybridized carbons (Fsp3) is 0.588. The molecule has 0 bridgehead atoms. The van der Waals surface area contributed by atoms with Crippen LogP contribution in [0.25, 0.3) is 0 Å². The van der Waals surface area contributed by atoms with Crippen LogP contribution in [-0.4, -0.2) is 24.5 Å². The topological polar surface area (TPSA) is 41.1 Å². The van der Waals surface area contributed by atoms with E-state index in [2.05, 4.69) is 10.6 Å². The Kier molecular flexibility index (Phi) is 4.80. The lowest BCUT2D eigenvalue weighted by molar-refractivity contribution is -0.137. The van der Waals surface area contributed by atoms with Gasteiger partial charge in [-0.05, 0) is 62.3 Å². The molecule has 1 saturated carbocycles. The minimum absolute atomic E-state index is 0.100. The fourth-order valence-corrected chi connectivity index (χ4v) is 3.15. The summed E-state index contributed by atoms with van der Waals surface area (Å²) < 4.78 is 51.9. The van der Waals surface area contributed by atoms with E-state index < -0.39 is 17.6 Å². The lowest BCUT2D eigenvalue weighted by Crippen LogP contribution is -2.46. The summed E-state index contributed by atoms with van der Waals surface area (Å²) in [5, 5.41) is 6.06. The first-order valence-corrected chi connectivity index (χ1v) is 8.24. The van der Waals surface area contributed by atoms with Crippen molar-refractivity contribution in [1.82, 2.24) is 10.6 Å². The van der Waals surface area contributed by atoms with Crippen LogP contribution in [-0.2, 0) is 17.4 Å². The first-order chi connectivity index (χ1) is 11.3. The van der Waals surface area contributed by atoms with Crippen molar-refractivity contribution >= 4 is 5.91 Å². The van der Waals surface area contributed by atoms with Gasteiger partial charge in [0.2, 0.25) is 5.91 Å². The Morgan fingerprint density at radius 2 is 2.04 bits per heavy atom. The monoisotopic (exact) mass is 344 g/mol. The molecule has 1 aliphatic carbocycles. The van der Waals surface area contributed by atoms with Gasteiger partial charge >= 0.3 is 6.18 Å². The third kappa shape index (κ3) is 4.06. The molecule has 24 heavy (non-hydrogen) atoms. The summed E-state index contributed by atoms with van der Waals surface area (Å²) in [7, 11) is 0. The number of rotatable bonds is 5. The Morgan fingerprint density at radius 1 is 1.29 bits per heavy atom. The van der Waals surface area contributed by atoms with Crippen LogP contribution >= 0.6 is 0 Å². The van der Waals surface area contributed by atoms with Gasteiger partial charge in [-0.15, -0.1) is 0 Å². The summed E-state index contributed by atoms with van der Waals surface area (Å²) in [6, 6.07) is 2.14. The molecule has 0 spiro atoms. The molecule has 7 heteroatoms. The summed E-state index contributed by atoms with van der Waals surface area (Å²) >= 11 is 0. The van der Waals surface area contributed by atoms with Crippen molar-refractivity contribution in [3.05, 3.63) is 35.1 Å². The quantitative estimate of drug-likeness (QED) is 0.806. The SMILES string of the molecule is O=C(NC(Cc1ccc(C(F)(F)F)cc1F)C1CC1)[C@H]1CCCN1. The number of benzene rings is 1. The highest BCUT2D eigenvalue weighted by Gasteiger charge is 2.35. The van der Waals surface area contributed by atoms with E-state index in [1.54, 1.807) is 0 Å². The molecule has 3 nitrogen and oxygen atoms in total. The summed E-state index contributed by atoms with van der Waals surface area (Å²) in [6.45, 7) is 0.805. The molecular formula is C17H20F4N2O. The zero-order valence-corrected chi connectivity index (χ0v) is 13.1. The van der Waals surface area contributed by atoms with Crippen LogP contribution in [0, 0.1) is 11.7 Å². The molecule has 1 heterocycles. The Morgan fingerprint density at radius 3 is 2.58 bits per heavy atom. The predicted octanol–water partition coefficient (Wildman–Crippen LogP) is 3.03. The van der Waals surface area contributed by atoms with Crippen molar-refractivity contribution in [2.45, 2.75) is 50.4 Å². The summed E-state index contributed by atoms with van der Waals surface area (Å²) in [5.41, 5.74) is -0.787. The molecular weight excluding hydrogens is 324 g/mol. The fourth-order valence-electron chi connectivity index (χ4n) is 3.15. The molecule has 1 saturated heterocycles. The van der Waals surface area contributed by atoms with Crippen molar-refractivity contribution in [3.63, 3.8) is 0 Å². The van der Waals surface area contributed by atoms with E-state index in [0.29, 0.717) is 6.07 Å². The molecule has 132 valence electrons. The zero-order chi connectivity index (χ0) is 17.3. The third-order valence-electron chi connectivity index (χ3n) is 4.72. The van der Waals surface area contributed by atoms with Crippen LogP contribution in [0.3, 0.4) is 0 Å². The second kappa shape index (κ2) is 6.70. The number of hydrogen-bond acceptors (Lipinski definition) is 2. The average Bonchev–Trinajstić information content (AvgIpc) is 3.21. The van der Waals surface area contributed by atoms with E-state index in [-0.39, 0.29) is 35.9 Å². The number of carbonyl (C=O) groups is 1. The minimum atomic E-state index is -4.56. The Balaban J connectivity index is 1.68. The first kappa shape index (κ1) is 17.2. The number of alkyl halides is 3. The number of nitrogens with one attached hydrogen (secondary N) is 2. The Hall–Kier alpha value is -1.63. The number of halogens is 4. The van der Waals surface area contributed by atoms with Gasteiger partial charge in [0.25, 0.3) is 0 Å². The van der Waals surface area contributed by atoms with Crippen molar-refractivity contribution in [3.8, 4) is 0 Å². The highest BCUT2D eigenvalue weighted by atomic mass is 19.4. The van der Waals surface area contributed by atoms with Crippen LogP contribution in [0.4, 0.5) is 17.6 Å². The maximum Gasteiger partial charge on any atom is 0.416 e. The molecule has 1 aromatic carbocycles. The van der Waals surface area contributed by atoms with Gasteiger partial charge in [-0.1, -0.05) is 6.07 Å².